The molecule has 180 valence electrons. The Morgan fingerprint density at radius 2 is 1.97 bits per heavy atom. The zero-order valence-electron chi connectivity index (χ0n) is 19.2. The van der Waals surface area contributed by atoms with Crippen LogP contribution in [0.15, 0.2) is 29.2 Å². The van der Waals surface area contributed by atoms with Crippen LogP contribution in [-0.2, 0) is 24.2 Å². The second-order valence-electron chi connectivity index (χ2n) is 9.43. The van der Waals surface area contributed by atoms with Gasteiger partial charge in [0.25, 0.3) is 0 Å². The highest BCUT2D eigenvalue weighted by Gasteiger charge is 2.52. The van der Waals surface area contributed by atoms with Crippen molar-refractivity contribution in [1.29, 1.82) is 0 Å². The van der Waals surface area contributed by atoms with Crippen molar-refractivity contribution in [2.45, 2.75) is 56.5 Å². The van der Waals surface area contributed by atoms with Gasteiger partial charge >= 0.3 is 0 Å². The molecule has 0 amide bonds. The number of ether oxygens (including phenoxy) is 4. The Morgan fingerprint density at radius 3 is 2.69 bits per heavy atom. The fraction of sp³-hybridized carbons (Fsp3) is 0.739. The van der Waals surface area contributed by atoms with E-state index >= 15 is 0 Å². The van der Waals surface area contributed by atoms with Crippen LogP contribution in [0.25, 0.3) is 0 Å². The van der Waals surface area contributed by atoms with Crippen LogP contribution in [0.4, 0.5) is 0 Å². The molecule has 8 nitrogen and oxygen atoms in total. The predicted molar refractivity (Wildman–Crippen MR) is 120 cm³/mol. The van der Waals surface area contributed by atoms with Crippen LogP contribution in [0.1, 0.15) is 33.1 Å². The van der Waals surface area contributed by atoms with Crippen molar-refractivity contribution in [2.24, 2.45) is 17.8 Å². The lowest BCUT2D eigenvalue weighted by molar-refractivity contribution is -0.153. The van der Waals surface area contributed by atoms with E-state index in [2.05, 4.69) is 5.32 Å². The minimum absolute atomic E-state index is 0.0302. The number of sulfonamides is 1. The van der Waals surface area contributed by atoms with E-state index in [1.165, 1.54) is 0 Å². The maximum absolute atomic E-state index is 13.2. The quantitative estimate of drug-likeness (QED) is 0.372. The number of fused-ring (bicyclic) bond motifs is 2. The fourth-order valence-electron chi connectivity index (χ4n) is 5.02. The van der Waals surface area contributed by atoms with Crippen molar-refractivity contribution in [3.8, 4) is 5.75 Å². The molecule has 2 heterocycles. The second kappa shape index (κ2) is 10.4. The van der Waals surface area contributed by atoms with Crippen LogP contribution in [-0.4, -0.2) is 71.3 Å². The third kappa shape index (κ3) is 5.29. The van der Waals surface area contributed by atoms with E-state index < -0.39 is 10.0 Å². The summed E-state index contributed by atoms with van der Waals surface area (Å²) in [6.07, 6.45) is 3.05. The third-order valence-electron chi connectivity index (χ3n) is 6.54. The van der Waals surface area contributed by atoms with Gasteiger partial charge in [-0.05, 0) is 56.0 Å². The molecule has 2 saturated heterocycles. The molecule has 5 unspecified atom stereocenters. The number of benzene rings is 1. The monoisotopic (exact) mass is 468 g/mol. The number of hydrogen-bond donors (Lipinski definition) is 1. The van der Waals surface area contributed by atoms with Gasteiger partial charge in [0.05, 0.1) is 37.6 Å². The molecule has 0 aromatic heterocycles. The first-order chi connectivity index (χ1) is 15.4. The molecule has 1 saturated carbocycles. The summed E-state index contributed by atoms with van der Waals surface area (Å²) in [6, 6.07) is 6.56. The molecule has 32 heavy (non-hydrogen) atoms. The number of rotatable bonds is 12. The summed E-state index contributed by atoms with van der Waals surface area (Å²) in [6.45, 7) is 6.82. The van der Waals surface area contributed by atoms with Gasteiger partial charge in [0.1, 0.15) is 5.75 Å². The van der Waals surface area contributed by atoms with Gasteiger partial charge in [-0.2, -0.15) is 4.31 Å². The highest BCUT2D eigenvalue weighted by Crippen LogP contribution is 2.46. The highest BCUT2D eigenvalue weighted by atomic mass is 32.2. The van der Waals surface area contributed by atoms with Crippen LogP contribution >= 0.6 is 0 Å². The summed E-state index contributed by atoms with van der Waals surface area (Å²) in [7, 11) is -1.99. The number of hydrogen-bond acceptors (Lipinski definition) is 7. The van der Waals surface area contributed by atoms with Crippen molar-refractivity contribution in [3.05, 3.63) is 24.3 Å². The average molecular weight is 469 g/mol. The van der Waals surface area contributed by atoms with Crippen molar-refractivity contribution in [3.63, 3.8) is 0 Å². The minimum Gasteiger partial charge on any atom is -0.497 e. The predicted octanol–water partition coefficient (Wildman–Crippen LogP) is 2.45. The zero-order valence-corrected chi connectivity index (χ0v) is 20.1. The fourth-order valence-corrected chi connectivity index (χ4v) is 6.66. The molecule has 2 aliphatic heterocycles. The molecule has 1 aromatic carbocycles. The van der Waals surface area contributed by atoms with E-state index in [0.717, 1.165) is 19.4 Å². The van der Waals surface area contributed by atoms with Crippen molar-refractivity contribution >= 4 is 10.0 Å². The van der Waals surface area contributed by atoms with E-state index in [-0.39, 0.29) is 24.4 Å². The lowest BCUT2D eigenvalue weighted by atomic mass is 9.78. The molecule has 0 spiro atoms. The summed E-state index contributed by atoms with van der Waals surface area (Å²) in [5.41, 5.74) is 0. The Bertz CT molecular complexity index is 839. The maximum atomic E-state index is 13.2. The minimum atomic E-state index is -3.55. The van der Waals surface area contributed by atoms with Gasteiger partial charge < -0.3 is 18.9 Å². The Morgan fingerprint density at radius 1 is 1.19 bits per heavy atom. The van der Waals surface area contributed by atoms with Gasteiger partial charge in [-0.3, -0.25) is 5.32 Å². The van der Waals surface area contributed by atoms with E-state index in [1.54, 1.807) is 35.7 Å². The summed E-state index contributed by atoms with van der Waals surface area (Å²) in [5, 5.41) is 3.31. The molecule has 3 bridgehead atoms. The van der Waals surface area contributed by atoms with Gasteiger partial charge in [-0.1, -0.05) is 13.8 Å². The normalized spacial score (nSPS) is 29.2. The van der Waals surface area contributed by atoms with E-state index in [9.17, 15) is 8.42 Å². The molecule has 0 radical (unpaired) electrons. The van der Waals surface area contributed by atoms with Crippen molar-refractivity contribution in [1.82, 2.24) is 9.62 Å². The SMILES string of the molecule is COc1ccc(S(=O)(=O)N(CCCNCOC2C3COC4OC2CC4C3)CC(C)C)cc1. The number of nitrogens with zero attached hydrogens (tertiary/aromatic N) is 1. The molecule has 1 aromatic rings. The smallest absolute Gasteiger partial charge is 0.243 e. The van der Waals surface area contributed by atoms with Gasteiger partial charge in [0, 0.05) is 24.9 Å². The Kier molecular flexibility index (Phi) is 7.74. The molecule has 3 aliphatic rings. The molecular formula is C23H36N2O6S. The summed E-state index contributed by atoms with van der Waals surface area (Å²) < 4.78 is 50.9. The Balaban J connectivity index is 1.24. The second-order valence-corrected chi connectivity index (χ2v) is 11.4. The lowest BCUT2D eigenvalue weighted by Gasteiger charge is -2.37. The first kappa shape index (κ1) is 23.9. The summed E-state index contributed by atoms with van der Waals surface area (Å²) in [5.74, 6) is 1.82. The molecule has 5 atom stereocenters. The summed E-state index contributed by atoms with van der Waals surface area (Å²) in [4.78, 5) is 0.291. The van der Waals surface area contributed by atoms with E-state index in [1.807, 2.05) is 13.8 Å². The molecule has 1 aliphatic carbocycles. The topological polar surface area (TPSA) is 86.3 Å². The molecule has 9 heteroatoms. The van der Waals surface area contributed by atoms with Crippen LogP contribution in [0.2, 0.25) is 0 Å². The average Bonchev–Trinajstić information content (AvgIpc) is 3.06. The number of methoxy groups -OCH3 is 1. The van der Waals surface area contributed by atoms with Crippen molar-refractivity contribution < 1.29 is 27.4 Å². The molecule has 4 rings (SSSR count). The maximum Gasteiger partial charge on any atom is 0.243 e. The molecule has 1 N–H and O–H groups in total. The van der Waals surface area contributed by atoms with Gasteiger partial charge in [0.15, 0.2) is 6.29 Å². The van der Waals surface area contributed by atoms with Crippen LogP contribution in [0, 0.1) is 17.8 Å². The zero-order chi connectivity index (χ0) is 22.7. The van der Waals surface area contributed by atoms with Gasteiger partial charge in [0.2, 0.25) is 10.0 Å². The van der Waals surface area contributed by atoms with Gasteiger partial charge in [-0.15, -0.1) is 0 Å². The van der Waals surface area contributed by atoms with Crippen LogP contribution in [0.3, 0.4) is 0 Å². The van der Waals surface area contributed by atoms with E-state index in [4.69, 9.17) is 18.9 Å². The highest BCUT2D eigenvalue weighted by molar-refractivity contribution is 7.89. The third-order valence-corrected chi connectivity index (χ3v) is 8.42. The van der Waals surface area contributed by atoms with Gasteiger partial charge in [-0.25, -0.2) is 8.42 Å². The first-order valence-electron chi connectivity index (χ1n) is 11.6. The molecule has 3 fully saturated rings. The van der Waals surface area contributed by atoms with E-state index in [0.29, 0.717) is 55.3 Å². The van der Waals surface area contributed by atoms with Crippen LogP contribution < -0.4 is 10.1 Å². The van der Waals surface area contributed by atoms with Crippen molar-refractivity contribution in [2.75, 3.05) is 40.1 Å². The first-order valence-corrected chi connectivity index (χ1v) is 13.1. The molecular weight excluding hydrogens is 432 g/mol. The number of nitrogens with one attached hydrogen (secondary N) is 1. The Labute approximate surface area is 191 Å². The Hall–Kier alpha value is -1.23. The summed E-state index contributed by atoms with van der Waals surface area (Å²) >= 11 is 0. The van der Waals surface area contributed by atoms with Crippen LogP contribution in [0.5, 0.6) is 5.75 Å². The standard InChI is InChI=1S/C23H36N2O6S/c1-16(2)13-25(32(26,27)20-7-5-19(28-3)6-8-20)10-4-9-24-15-30-22-18-11-17-12-21(22)31-23(17)29-14-18/h5-8,16-18,21-24H,4,9-15H2,1-3H3. The largest absolute Gasteiger partial charge is 0.497 e. The lowest BCUT2D eigenvalue weighted by Crippen LogP contribution is -2.44.